The van der Waals surface area contributed by atoms with Gasteiger partial charge in [-0.25, -0.2) is 5.43 Å². The second-order valence-electron chi connectivity index (χ2n) is 5.78. The molecule has 0 amide bonds. The molecule has 1 aromatic rings. The molecule has 2 fully saturated rings. The quantitative estimate of drug-likeness (QED) is 0.785. The molecule has 3 rings (SSSR count). The summed E-state index contributed by atoms with van der Waals surface area (Å²) >= 11 is 6.20. The maximum absolute atomic E-state index is 11.5. The standard InChI is InChI=1S/C15H19ClN2O2/c1-8-9(4-2-6-11(8)16)14-13-10(15(19)20)5-3-7-12(13)17-18-14/h2,4,6,10,12-14,17-18H,3,5,7H2,1H3,(H,19,20). The van der Waals surface area contributed by atoms with E-state index in [0.717, 1.165) is 35.4 Å². The number of carbonyl (C=O) groups is 1. The Morgan fingerprint density at radius 2 is 2.15 bits per heavy atom. The second-order valence-corrected chi connectivity index (χ2v) is 6.19. The van der Waals surface area contributed by atoms with Crippen molar-refractivity contribution in [3.05, 3.63) is 34.3 Å². The third-order valence-electron chi connectivity index (χ3n) is 4.73. The molecule has 20 heavy (non-hydrogen) atoms. The fourth-order valence-electron chi connectivity index (χ4n) is 3.68. The molecule has 0 spiro atoms. The molecule has 0 radical (unpaired) electrons. The van der Waals surface area contributed by atoms with E-state index in [4.69, 9.17) is 11.6 Å². The third kappa shape index (κ3) is 2.22. The largest absolute Gasteiger partial charge is 0.481 e. The molecule has 2 aliphatic rings. The van der Waals surface area contributed by atoms with Gasteiger partial charge in [-0.05, 0) is 37.0 Å². The summed E-state index contributed by atoms with van der Waals surface area (Å²) in [5.74, 6) is -0.895. The van der Waals surface area contributed by atoms with Gasteiger partial charge < -0.3 is 5.11 Å². The minimum atomic E-state index is -0.685. The highest BCUT2D eigenvalue weighted by atomic mass is 35.5. The Kier molecular flexibility index (Phi) is 3.71. The van der Waals surface area contributed by atoms with Crippen molar-refractivity contribution in [1.82, 2.24) is 10.9 Å². The number of hydrogen-bond donors (Lipinski definition) is 3. The molecule has 108 valence electrons. The molecule has 1 heterocycles. The number of aliphatic carboxylic acids is 1. The number of fused-ring (bicyclic) bond motifs is 1. The van der Waals surface area contributed by atoms with Crippen LogP contribution in [-0.2, 0) is 4.79 Å². The zero-order chi connectivity index (χ0) is 14.3. The van der Waals surface area contributed by atoms with Gasteiger partial charge in [0.05, 0.1) is 12.0 Å². The van der Waals surface area contributed by atoms with Crippen molar-refractivity contribution in [1.29, 1.82) is 0 Å². The summed E-state index contributed by atoms with van der Waals surface area (Å²) in [6.45, 7) is 1.99. The molecule has 1 saturated heterocycles. The molecule has 3 N–H and O–H groups in total. The van der Waals surface area contributed by atoms with Crippen LogP contribution in [0.15, 0.2) is 18.2 Å². The Hall–Kier alpha value is -1.10. The second kappa shape index (κ2) is 5.35. The van der Waals surface area contributed by atoms with Crippen LogP contribution in [0.3, 0.4) is 0 Å². The zero-order valence-electron chi connectivity index (χ0n) is 11.4. The topological polar surface area (TPSA) is 61.4 Å². The molecule has 0 aromatic heterocycles. The van der Waals surface area contributed by atoms with Gasteiger partial charge in [-0.1, -0.05) is 30.2 Å². The van der Waals surface area contributed by atoms with Crippen LogP contribution in [0, 0.1) is 18.8 Å². The summed E-state index contributed by atoms with van der Waals surface area (Å²) in [6, 6.07) is 6.08. The van der Waals surface area contributed by atoms with Crippen LogP contribution in [0.25, 0.3) is 0 Å². The first-order valence-electron chi connectivity index (χ1n) is 7.08. The lowest BCUT2D eigenvalue weighted by molar-refractivity contribution is -0.145. The van der Waals surface area contributed by atoms with Gasteiger partial charge in [-0.2, -0.15) is 0 Å². The van der Waals surface area contributed by atoms with E-state index in [-0.39, 0.29) is 23.9 Å². The van der Waals surface area contributed by atoms with Crippen LogP contribution in [0.1, 0.15) is 36.4 Å². The molecule has 0 bridgehead atoms. The lowest BCUT2D eigenvalue weighted by Crippen LogP contribution is -2.39. The van der Waals surface area contributed by atoms with Crippen LogP contribution in [-0.4, -0.2) is 17.1 Å². The molecule has 1 saturated carbocycles. The molecule has 1 aromatic carbocycles. The number of nitrogens with one attached hydrogen (secondary N) is 2. The molecule has 1 aliphatic carbocycles. The molecular formula is C15H19ClN2O2. The van der Waals surface area contributed by atoms with Gasteiger partial charge in [0.25, 0.3) is 0 Å². The van der Waals surface area contributed by atoms with E-state index < -0.39 is 5.97 Å². The van der Waals surface area contributed by atoms with E-state index in [0.29, 0.717) is 0 Å². The van der Waals surface area contributed by atoms with Crippen molar-refractivity contribution in [2.24, 2.45) is 11.8 Å². The minimum Gasteiger partial charge on any atom is -0.481 e. The smallest absolute Gasteiger partial charge is 0.306 e. The number of hydrogen-bond acceptors (Lipinski definition) is 3. The fraction of sp³-hybridized carbons (Fsp3) is 0.533. The van der Waals surface area contributed by atoms with Crippen LogP contribution in [0.4, 0.5) is 0 Å². The summed E-state index contributed by atoms with van der Waals surface area (Å²) in [5, 5.41) is 10.2. The highest BCUT2D eigenvalue weighted by Crippen LogP contribution is 2.43. The Morgan fingerprint density at radius 3 is 2.90 bits per heavy atom. The van der Waals surface area contributed by atoms with Crippen LogP contribution >= 0.6 is 11.6 Å². The Morgan fingerprint density at radius 1 is 1.35 bits per heavy atom. The average Bonchev–Trinajstić information content (AvgIpc) is 2.85. The maximum Gasteiger partial charge on any atom is 0.306 e. The summed E-state index contributed by atoms with van der Waals surface area (Å²) in [7, 11) is 0. The minimum absolute atomic E-state index is 0.0140. The van der Waals surface area contributed by atoms with Crippen molar-refractivity contribution < 1.29 is 9.90 Å². The number of hydrazine groups is 1. The Labute approximate surface area is 123 Å². The van der Waals surface area contributed by atoms with Crippen molar-refractivity contribution >= 4 is 17.6 Å². The predicted molar refractivity (Wildman–Crippen MR) is 77.5 cm³/mol. The summed E-state index contributed by atoms with van der Waals surface area (Å²) in [6.07, 6.45) is 2.75. The van der Waals surface area contributed by atoms with Crippen molar-refractivity contribution in [2.75, 3.05) is 0 Å². The molecule has 1 aliphatic heterocycles. The van der Waals surface area contributed by atoms with Gasteiger partial charge in [-0.3, -0.25) is 10.2 Å². The van der Waals surface area contributed by atoms with Crippen LogP contribution < -0.4 is 10.9 Å². The number of halogens is 1. The predicted octanol–water partition coefficient (Wildman–Crippen LogP) is 2.67. The highest BCUT2D eigenvalue weighted by Gasteiger charge is 2.46. The van der Waals surface area contributed by atoms with Gasteiger partial charge in [-0.15, -0.1) is 0 Å². The summed E-state index contributed by atoms with van der Waals surface area (Å²) < 4.78 is 0. The van der Waals surface area contributed by atoms with E-state index in [1.54, 1.807) is 0 Å². The summed E-state index contributed by atoms with van der Waals surface area (Å²) in [5.41, 5.74) is 8.71. The van der Waals surface area contributed by atoms with E-state index in [1.807, 2.05) is 25.1 Å². The van der Waals surface area contributed by atoms with Crippen LogP contribution in [0.2, 0.25) is 5.02 Å². The first-order chi connectivity index (χ1) is 9.59. The lowest BCUT2D eigenvalue weighted by Gasteiger charge is -2.33. The fourth-order valence-corrected chi connectivity index (χ4v) is 3.87. The van der Waals surface area contributed by atoms with Crippen molar-refractivity contribution in [2.45, 2.75) is 38.3 Å². The van der Waals surface area contributed by atoms with Gasteiger partial charge in [0.1, 0.15) is 0 Å². The van der Waals surface area contributed by atoms with E-state index in [1.165, 1.54) is 0 Å². The van der Waals surface area contributed by atoms with E-state index >= 15 is 0 Å². The maximum atomic E-state index is 11.5. The monoisotopic (exact) mass is 294 g/mol. The zero-order valence-corrected chi connectivity index (χ0v) is 12.2. The van der Waals surface area contributed by atoms with Gasteiger partial charge in [0, 0.05) is 17.0 Å². The number of carboxylic acids is 1. The van der Waals surface area contributed by atoms with Gasteiger partial charge in [0.2, 0.25) is 0 Å². The number of rotatable bonds is 2. The lowest BCUT2D eigenvalue weighted by atomic mass is 9.71. The molecule has 5 heteroatoms. The molecule has 4 nitrogen and oxygen atoms in total. The van der Waals surface area contributed by atoms with Crippen LogP contribution in [0.5, 0.6) is 0 Å². The Balaban J connectivity index is 1.97. The Bertz CT molecular complexity index is 535. The van der Waals surface area contributed by atoms with Crippen molar-refractivity contribution in [3.8, 4) is 0 Å². The molecular weight excluding hydrogens is 276 g/mol. The average molecular weight is 295 g/mol. The SMILES string of the molecule is Cc1c(Cl)cccc1C1NNC2CCCC(C(=O)O)C21. The normalized spacial score (nSPS) is 32.9. The molecule has 4 unspecified atom stereocenters. The number of carboxylic acid groups (broad SMARTS) is 1. The highest BCUT2D eigenvalue weighted by molar-refractivity contribution is 6.31. The first kappa shape index (κ1) is 13.9. The first-order valence-corrected chi connectivity index (χ1v) is 7.46. The van der Waals surface area contributed by atoms with Gasteiger partial charge in [0.15, 0.2) is 0 Å². The van der Waals surface area contributed by atoms with E-state index in [9.17, 15) is 9.90 Å². The van der Waals surface area contributed by atoms with Crippen molar-refractivity contribution in [3.63, 3.8) is 0 Å². The third-order valence-corrected chi connectivity index (χ3v) is 5.14. The summed E-state index contributed by atoms with van der Waals surface area (Å²) in [4.78, 5) is 11.5. The van der Waals surface area contributed by atoms with E-state index in [2.05, 4.69) is 10.9 Å². The van der Waals surface area contributed by atoms with Gasteiger partial charge >= 0.3 is 5.97 Å². The number of benzene rings is 1. The molecule has 4 atom stereocenters.